The van der Waals surface area contributed by atoms with Crippen molar-refractivity contribution in [1.29, 1.82) is 0 Å². The van der Waals surface area contributed by atoms with Crippen LogP contribution in [0, 0.1) is 6.92 Å². The number of nitrogens with zero attached hydrogens (tertiary/aromatic N) is 1. The van der Waals surface area contributed by atoms with Crippen LogP contribution in [0.3, 0.4) is 0 Å². The number of hydrogen-bond acceptors (Lipinski definition) is 7. The largest absolute Gasteiger partial charge is 0.481 e. The van der Waals surface area contributed by atoms with Crippen LogP contribution in [0.1, 0.15) is 34.7 Å². The van der Waals surface area contributed by atoms with Crippen LogP contribution < -0.4 is 15.4 Å². The summed E-state index contributed by atoms with van der Waals surface area (Å²) in [5.41, 5.74) is 1.94. The number of aromatic nitrogens is 1. The van der Waals surface area contributed by atoms with Crippen LogP contribution in [-0.4, -0.2) is 30.0 Å². The van der Waals surface area contributed by atoms with Gasteiger partial charge in [0.1, 0.15) is 29.6 Å². The highest BCUT2D eigenvalue weighted by Gasteiger charge is 2.17. The molecule has 2 amide bonds. The number of furan rings is 1. The van der Waals surface area contributed by atoms with Gasteiger partial charge in [0, 0.05) is 18.4 Å². The van der Waals surface area contributed by atoms with Crippen molar-refractivity contribution in [2.24, 2.45) is 0 Å². The van der Waals surface area contributed by atoms with Gasteiger partial charge in [-0.2, -0.15) is 0 Å². The highest BCUT2D eigenvalue weighted by Crippen LogP contribution is 2.24. The maximum Gasteiger partial charge on any atom is 0.291 e. The van der Waals surface area contributed by atoms with Gasteiger partial charge in [0.15, 0.2) is 11.9 Å². The first-order valence-corrected chi connectivity index (χ1v) is 11.4. The zero-order valence-electron chi connectivity index (χ0n) is 20.2. The zero-order valence-corrected chi connectivity index (χ0v) is 20.2. The Kier molecular flexibility index (Phi) is 7.82. The maximum absolute atomic E-state index is 12.4. The number of para-hydroxylation sites is 1. The SMILES string of the molecule is COCc1ccc(C(=O)Nc2ccc(-c3nc(CNC(=O)[C@@H](C)Oc4ccccc4)c(C)o3)cc2)o1. The van der Waals surface area contributed by atoms with Gasteiger partial charge in [-0.1, -0.05) is 18.2 Å². The van der Waals surface area contributed by atoms with Crippen LogP contribution >= 0.6 is 0 Å². The Bertz CT molecular complexity index is 1310. The third-order valence-corrected chi connectivity index (χ3v) is 5.31. The molecule has 2 heterocycles. The maximum atomic E-state index is 12.4. The Morgan fingerprint density at radius 1 is 1.00 bits per heavy atom. The van der Waals surface area contributed by atoms with Crippen LogP contribution in [0.25, 0.3) is 11.5 Å². The van der Waals surface area contributed by atoms with Gasteiger partial charge < -0.3 is 28.9 Å². The van der Waals surface area contributed by atoms with E-state index < -0.39 is 6.10 Å². The Labute approximate surface area is 208 Å². The molecule has 2 aromatic heterocycles. The Morgan fingerprint density at radius 2 is 1.75 bits per heavy atom. The Balaban J connectivity index is 1.33. The third-order valence-electron chi connectivity index (χ3n) is 5.31. The molecule has 1 atom stereocenters. The zero-order chi connectivity index (χ0) is 25.5. The number of benzene rings is 2. The molecule has 0 unspecified atom stereocenters. The van der Waals surface area contributed by atoms with E-state index in [2.05, 4.69) is 15.6 Å². The topological polar surface area (TPSA) is 116 Å². The summed E-state index contributed by atoms with van der Waals surface area (Å²) in [6.45, 7) is 3.98. The predicted octanol–water partition coefficient (Wildman–Crippen LogP) is 4.73. The lowest BCUT2D eigenvalue weighted by molar-refractivity contribution is -0.127. The van der Waals surface area contributed by atoms with Gasteiger partial charge in [-0.25, -0.2) is 4.98 Å². The summed E-state index contributed by atoms with van der Waals surface area (Å²) in [5.74, 6) is 1.79. The van der Waals surface area contributed by atoms with Crippen molar-refractivity contribution in [2.75, 3.05) is 12.4 Å². The molecule has 0 saturated heterocycles. The number of amides is 2. The quantitative estimate of drug-likeness (QED) is 0.331. The van der Waals surface area contributed by atoms with E-state index in [-0.39, 0.29) is 24.1 Å². The molecule has 0 fully saturated rings. The number of methoxy groups -OCH3 is 1. The summed E-state index contributed by atoms with van der Waals surface area (Å²) in [6.07, 6.45) is -0.658. The van der Waals surface area contributed by atoms with Gasteiger partial charge in [0.05, 0.1) is 6.54 Å². The molecule has 0 radical (unpaired) electrons. The highest BCUT2D eigenvalue weighted by molar-refractivity contribution is 6.02. The smallest absolute Gasteiger partial charge is 0.291 e. The average Bonchev–Trinajstić information content (AvgIpc) is 3.50. The van der Waals surface area contributed by atoms with E-state index in [0.717, 1.165) is 5.56 Å². The number of aryl methyl sites for hydroxylation is 1. The lowest BCUT2D eigenvalue weighted by Gasteiger charge is -2.14. The summed E-state index contributed by atoms with van der Waals surface area (Å²) >= 11 is 0. The number of hydrogen-bond donors (Lipinski definition) is 2. The van der Waals surface area contributed by atoms with Crippen LogP contribution in [0.15, 0.2) is 75.6 Å². The second kappa shape index (κ2) is 11.4. The number of oxazole rings is 1. The number of rotatable bonds is 10. The minimum Gasteiger partial charge on any atom is -0.481 e. The minimum absolute atomic E-state index is 0.199. The first kappa shape index (κ1) is 24.7. The second-order valence-corrected chi connectivity index (χ2v) is 8.04. The van der Waals surface area contributed by atoms with E-state index >= 15 is 0 Å². The van der Waals surface area contributed by atoms with Crippen LogP contribution in [-0.2, 0) is 22.7 Å². The molecule has 4 rings (SSSR count). The van der Waals surface area contributed by atoms with E-state index in [1.807, 2.05) is 18.2 Å². The first-order chi connectivity index (χ1) is 17.4. The molecule has 2 aromatic carbocycles. The molecular weight excluding hydrogens is 462 g/mol. The second-order valence-electron chi connectivity index (χ2n) is 8.04. The number of ether oxygens (including phenoxy) is 2. The summed E-state index contributed by atoms with van der Waals surface area (Å²) in [4.78, 5) is 29.3. The lowest BCUT2D eigenvalue weighted by Crippen LogP contribution is -2.36. The average molecular weight is 490 g/mol. The van der Waals surface area contributed by atoms with E-state index in [1.54, 1.807) is 69.5 Å². The monoisotopic (exact) mass is 489 g/mol. The molecule has 0 aliphatic rings. The van der Waals surface area contributed by atoms with Gasteiger partial charge in [0.25, 0.3) is 11.8 Å². The molecule has 186 valence electrons. The van der Waals surface area contributed by atoms with Crippen molar-refractivity contribution in [2.45, 2.75) is 33.1 Å². The normalized spacial score (nSPS) is 11.6. The summed E-state index contributed by atoms with van der Waals surface area (Å²) in [7, 11) is 1.56. The van der Waals surface area contributed by atoms with E-state index in [9.17, 15) is 9.59 Å². The van der Waals surface area contributed by atoms with Crippen molar-refractivity contribution in [3.8, 4) is 17.2 Å². The molecule has 2 N–H and O–H groups in total. The van der Waals surface area contributed by atoms with E-state index in [4.69, 9.17) is 18.3 Å². The molecule has 0 spiro atoms. The van der Waals surface area contributed by atoms with Gasteiger partial charge in [-0.05, 0) is 62.4 Å². The van der Waals surface area contributed by atoms with Crippen LogP contribution in [0.5, 0.6) is 5.75 Å². The molecule has 0 aliphatic carbocycles. The molecule has 36 heavy (non-hydrogen) atoms. The van der Waals surface area contributed by atoms with Crippen molar-refractivity contribution in [1.82, 2.24) is 10.3 Å². The van der Waals surface area contributed by atoms with Gasteiger partial charge in [-0.15, -0.1) is 0 Å². The molecule has 0 saturated carbocycles. The van der Waals surface area contributed by atoms with Crippen molar-refractivity contribution in [3.05, 3.63) is 89.7 Å². The van der Waals surface area contributed by atoms with Crippen LogP contribution in [0.2, 0.25) is 0 Å². The fourth-order valence-corrected chi connectivity index (χ4v) is 3.40. The molecule has 0 bridgehead atoms. The molecule has 0 aliphatic heterocycles. The number of carbonyl (C=O) groups is 2. The Morgan fingerprint density at radius 3 is 2.47 bits per heavy atom. The van der Waals surface area contributed by atoms with Gasteiger partial charge in [0.2, 0.25) is 5.89 Å². The van der Waals surface area contributed by atoms with Gasteiger partial charge >= 0.3 is 0 Å². The first-order valence-electron chi connectivity index (χ1n) is 11.4. The number of nitrogens with one attached hydrogen (secondary N) is 2. The van der Waals surface area contributed by atoms with Crippen molar-refractivity contribution in [3.63, 3.8) is 0 Å². The molecule has 9 nitrogen and oxygen atoms in total. The van der Waals surface area contributed by atoms with Gasteiger partial charge in [-0.3, -0.25) is 9.59 Å². The molecule has 9 heteroatoms. The number of carbonyl (C=O) groups excluding carboxylic acids is 2. The Hall–Kier alpha value is -4.37. The summed E-state index contributed by atoms with van der Waals surface area (Å²) in [6, 6.07) is 19.5. The standard InChI is InChI=1S/C27H27N3O6/c1-17-23(15-28-25(31)18(2)34-21-7-5-4-6-8-21)30-27(35-17)19-9-11-20(12-10-19)29-26(32)24-14-13-22(36-24)16-33-3/h4-14,18H,15-16H2,1-3H3,(H,28,31)(H,29,32)/t18-/m1/s1. The summed E-state index contributed by atoms with van der Waals surface area (Å²) < 4.78 is 21.9. The van der Waals surface area contributed by atoms with Crippen molar-refractivity contribution >= 4 is 17.5 Å². The molecular formula is C27H27N3O6. The summed E-state index contributed by atoms with van der Waals surface area (Å²) in [5, 5.41) is 5.62. The number of anilines is 1. The van der Waals surface area contributed by atoms with E-state index in [1.165, 1.54) is 0 Å². The van der Waals surface area contributed by atoms with Crippen LogP contribution in [0.4, 0.5) is 5.69 Å². The third kappa shape index (κ3) is 6.19. The molecule has 4 aromatic rings. The minimum atomic E-state index is -0.658. The lowest BCUT2D eigenvalue weighted by atomic mass is 10.2. The highest BCUT2D eigenvalue weighted by atomic mass is 16.5. The fourth-order valence-electron chi connectivity index (χ4n) is 3.40. The van der Waals surface area contributed by atoms with Crippen molar-refractivity contribution < 1.29 is 27.9 Å². The fraction of sp³-hybridized carbons (Fsp3) is 0.222. The predicted molar refractivity (Wildman–Crippen MR) is 132 cm³/mol. The van der Waals surface area contributed by atoms with E-state index in [0.29, 0.717) is 41.1 Å².